The number of nitrogen functional groups attached to an aromatic ring is 1. The summed E-state index contributed by atoms with van der Waals surface area (Å²) in [6, 6.07) is 27.2. The van der Waals surface area contributed by atoms with Crippen molar-refractivity contribution in [2.75, 3.05) is 5.73 Å². The lowest BCUT2D eigenvalue weighted by Crippen LogP contribution is -1.99. The molecule has 0 fully saturated rings. The van der Waals surface area contributed by atoms with E-state index in [2.05, 4.69) is 30.7 Å². The Hall–Kier alpha value is -6.55. The van der Waals surface area contributed by atoms with Gasteiger partial charge in [0.15, 0.2) is 5.75 Å². The summed E-state index contributed by atoms with van der Waals surface area (Å²) < 4.78 is 102. The van der Waals surface area contributed by atoms with Crippen molar-refractivity contribution in [1.82, 2.24) is 0 Å². The minimum absolute atomic E-state index is 0.0190. The van der Waals surface area contributed by atoms with Gasteiger partial charge in [-0.25, -0.2) is 0 Å². The number of nitrogens with two attached hydrogens (primary N) is 1. The molecular formula is C36H25N7O10S3. The molecule has 0 unspecified atom stereocenters. The summed E-state index contributed by atoms with van der Waals surface area (Å²) in [7, 11) is -14.3. The summed E-state index contributed by atoms with van der Waals surface area (Å²) in [6.07, 6.45) is 0. The van der Waals surface area contributed by atoms with Crippen LogP contribution in [-0.2, 0) is 30.4 Å². The molecule has 7 aromatic rings. The zero-order valence-corrected chi connectivity index (χ0v) is 30.6. The van der Waals surface area contributed by atoms with Gasteiger partial charge in [-0.05, 0) is 84.2 Å². The highest BCUT2D eigenvalue weighted by Crippen LogP contribution is 2.44. The van der Waals surface area contributed by atoms with Gasteiger partial charge in [-0.15, -0.1) is 25.6 Å². The Morgan fingerprint density at radius 1 is 0.446 bits per heavy atom. The molecule has 0 aliphatic carbocycles. The van der Waals surface area contributed by atoms with Gasteiger partial charge >= 0.3 is 0 Å². The summed E-state index contributed by atoms with van der Waals surface area (Å²) in [4.78, 5) is -1.67. The van der Waals surface area contributed by atoms with E-state index in [0.29, 0.717) is 11.1 Å². The summed E-state index contributed by atoms with van der Waals surface area (Å²) >= 11 is 0. The Labute approximate surface area is 317 Å². The molecule has 0 amide bonds. The third kappa shape index (κ3) is 7.68. The van der Waals surface area contributed by atoms with E-state index >= 15 is 0 Å². The van der Waals surface area contributed by atoms with E-state index in [4.69, 9.17) is 5.73 Å². The molecule has 0 radical (unpaired) electrons. The minimum atomic E-state index is -4.93. The van der Waals surface area contributed by atoms with Crippen LogP contribution in [-0.4, -0.2) is 44.0 Å². The molecule has 282 valence electrons. The number of anilines is 1. The lowest BCUT2D eigenvalue weighted by Gasteiger charge is -2.10. The number of benzene rings is 7. The number of rotatable bonds is 9. The van der Waals surface area contributed by atoms with Crippen molar-refractivity contribution in [1.29, 1.82) is 0 Å². The molecule has 0 saturated heterocycles. The predicted octanol–water partition coefficient (Wildman–Crippen LogP) is 9.42. The lowest BCUT2D eigenvalue weighted by molar-refractivity contribution is 0.472. The van der Waals surface area contributed by atoms with Gasteiger partial charge < -0.3 is 10.8 Å². The Morgan fingerprint density at radius 2 is 0.929 bits per heavy atom. The van der Waals surface area contributed by atoms with Gasteiger partial charge in [0.1, 0.15) is 10.6 Å². The number of phenols is 1. The number of hydrogen-bond acceptors (Lipinski definition) is 14. The Bertz CT molecular complexity index is 3200. The van der Waals surface area contributed by atoms with Crippen molar-refractivity contribution >= 4 is 102 Å². The maximum Gasteiger partial charge on any atom is 0.296 e. The molecule has 0 aromatic heterocycles. The largest absolute Gasteiger partial charge is 0.505 e. The number of phenolic OH excluding ortho intramolecular Hbond substituents is 1. The molecule has 7 aromatic carbocycles. The maximum absolute atomic E-state index is 12.3. The summed E-state index contributed by atoms with van der Waals surface area (Å²) in [5.41, 5.74) is 6.54. The van der Waals surface area contributed by atoms with Crippen molar-refractivity contribution in [3.05, 3.63) is 115 Å². The Morgan fingerprint density at radius 3 is 1.43 bits per heavy atom. The molecule has 0 bridgehead atoms. The molecule has 6 N–H and O–H groups in total. The van der Waals surface area contributed by atoms with E-state index < -0.39 is 56.5 Å². The van der Waals surface area contributed by atoms with E-state index in [9.17, 15) is 44.0 Å². The van der Waals surface area contributed by atoms with Crippen molar-refractivity contribution in [2.45, 2.75) is 14.7 Å². The molecule has 0 aliphatic heterocycles. The fraction of sp³-hybridized carbons (Fsp3) is 0. The average Bonchev–Trinajstić information content (AvgIpc) is 3.15. The normalized spacial score (nSPS) is 12.9. The SMILES string of the molecule is Nc1ccc2cc(S(=O)(=O)O)c(N=Nc3ccc(N=Nc4ccc(N=Nc5ccccc5)c5cc(S(=O)(=O)O)ccc45)c4cc(S(=O)(=O)O)ccc34)c(O)c2c1. The minimum Gasteiger partial charge on any atom is -0.505 e. The Balaban J connectivity index is 1.36. The molecule has 20 heteroatoms. The van der Waals surface area contributed by atoms with Crippen molar-refractivity contribution in [2.24, 2.45) is 30.7 Å². The van der Waals surface area contributed by atoms with Crippen LogP contribution in [0.25, 0.3) is 32.3 Å². The highest BCUT2D eigenvalue weighted by molar-refractivity contribution is 7.86. The van der Waals surface area contributed by atoms with E-state index in [1.807, 2.05) is 0 Å². The number of nitrogens with zero attached hydrogens (tertiary/aromatic N) is 6. The van der Waals surface area contributed by atoms with Crippen molar-refractivity contribution < 1.29 is 44.0 Å². The zero-order valence-electron chi connectivity index (χ0n) is 28.2. The quantitative estimate of drug-likeness (QED) is 0.0519. The van der Waals surface area contributed by atoms with Crippen LogP contribution in [0.2, 0.25) is 0 Å². The summed E-state index contributed by atoms with van der Waals surface area (Å²) in [6.45, 7) is 0. The number of fused-ring (bicyclic) bond motifs is 3. The maximum atomic E-state index is 12.3. The highest BCUT2D eigenvalue weighted by Gasteiger charge is 2.23. The smallest absolute Gasteiger partial charge is 0.296 e. The number of azo groups is 3. The van der Waals surface area contributed by atoms with Crippen LogP contribution >= 0.6 is 0 Å². The van der Waals surface area contributed by atoms with E-state index in [0.717, 1.165) is 24.3 Å². The van der Waals surface area contributed by atoms with Gasteiger partial charge in [0.05, 0.1) is 38.2 Å². The van der Waals surface area contributed by atoms with Crippen LogP contribution in [0.1, 0.15) is 0 Å². The Kier molecular flexibility index (Phi) is 9.62. The second-order valence-electron chi connectivity index (χ2n) is 12.0. The third-order valence-corrected chi connectivity index (χ3v) is 11.0. The van der Waals surface area contributed by atoms with Crippen molar-refractivity contribution in [3.63, 3.8) is 0 Å². The molecule has 0 aliphatic rings. The fourth-order valence-electron chi connectivity index (χ4n) is 5.73. The lowest BCUT2D eigenvalue weighted by atomic mass is 10.1. The van der Waals surface area contributed by atoms with Gasteiger partial charge in [-0.1, -0.05) is 36.4 Å². The number of hydrogen-bond donors (Lipinski definition) is 5. The van der Waals surface area contributed by atoms with Crippen LogP contribution < -0.4 is 5.73 Å². The molecule has 0 atom stereocenters. The summed E-state index contributed by atoms with van der Waals surface area (Å²) in [5, 5.41) is 37.5. The molecular weight excluding hydrogens is 787 g/mol. The average molecular weight is 812 g/mol. The monoisotopic (exact) mass is 811 g/mol. The van der Waals surface area contributed by atoms with Crippen LogP contribution in [0.15, 0.2) is 161 Å². The first-order chi connectivity index (χ1) is 26.5. The van der Waals surface area contributed by atoms with Gasteiger partial charge in [0.2, 0.25) is 0 Å². The zero-order chi connectivity index (χ0) is 40.0. The first-order valence-corrected chi connectivity index (χ1v) is 20.2. The van der Waals surface area contributed by atoms with Gasteiger partial charge in [0, 0.05) is 32.6 Å². The topological polar surface area (TPSA) is 284 Å². The van der Waals surface area contributed by atoms with Gasteiger partial charge in [0.25, 0.3) is 30.4 Å². The molecule has 17 nitrogen and oxygen atoms in total. The van der Waals surface area contributed by atoms with Crippen LogP contribution in [0, 0.1) is 0 Å². The standard InChI is InChI=1S/C36H25N7O10S3/c37-21-7-6-20-16-34(56(51,52)53)35(36(44)27(20)17-21)43-42-31-13-15-33(29-19-24(55(48,49)50)9-11-26(29)31)41-40-30-12-14-32(39-38-22-4-2-1-3-5-22)28-18-23(54(45,46)47)8-10-25(28)30/h1-19,44H,37H2,(H,45,46,47)(H,48,49,50)(H,51,52,53). The van der Waals surface area contributed by atoms with E-state index in [1.165, 1.54) is 60.7 Å². The number of aromatic hydroxyl groups is 1. The second kappa shape index (κ2) is 14.3. The highest BCUT2D eigenvalue weighted by atomic mass is 32.2. The van der Waals surface area contributed by atoms with E-state index in [1.54, 1.807) is 30.3 Å². The first-order valence-electron chi connectivity index (χ1n) is 15.9. The van der Waals surface area contributed by atoms with Crippen LogP contribution in [0.3, 0.4) is 0 Å². The van der Waals surface area contributed by atoms with E-state index in [-0.39, 0.29) is 55.4 Å². The molecule has 0 spiro atoms. The molecule has 56 heavy (non-hydrogen) atoms. The molecule has 0 saturated carbocycles. The van der Waals surface area contributed by atoms with Gasteiger partial charge in [-0.2, -0.15) is 30.4 Å². The molecule has 7 rings (SSSR count). The third-order valence-electron chi connectivity index (χ3n) is 8.39. The summed E-state index contributed by atoms with van der Waals surface area (Å²) in [5.74, 6) is -0.641. The van der Waals surface area contributed by atoms with Crippen molar-refractivity contribution in [3.8, 4) is 5.75 Å². The first kappa shape index (κ1) is 37.8. The van der Waals surface area contributed by atoms with Crippen LogP contribution in [0.4, 0.5) is 39.8 Å². The van der Waals surface area contributed by atoms with Gasteiger partial charge in [-0.3, -0.25) is 13.7 Å². The predicted molar refractivity (Wildman–Crippen MR) is 206 cm³/mol. The molecule has 0 heterocycles. The fourth-order valence-corrected chi connectivity index (χ4v) is 7.40. The van der Waals surface area contributed by atoms with Crippen LogP contribution in [0.5, 0.6) is 5.75 Å². The second-order valence-corrected chi connectivity index (χ2v) is 16.3.